The molecule has 3 amide bonds. The van der Waals surface area contributed by atoms with E-state index in [2.05, 4.69) is 16.0 Å². The van der Waals surface area contributed by atoms with Crippen LogP contribution in [0.5, 0.6) is 5.75 Å². The lowest BCUT2D eigenvalue weighted by Gasteiger charge is -2.11. The highest BCUT2D eigenvalue weighted by molar-refractivity contribution is 6.21. The molecule has 0 saturated heterocycles. The maximum absolute atomic E-state index is 13.0. The van der Waals surface area contributed by atoms with Crippen LogP contribution in [0.1, 0.15) is 23.6 Å². The summed E-state index contributed by atoms with van der Waals surface area (Å²) < 4.78 is 5.47. The standard InChI is InChI=1S/C30H33N3O4/c1-2-31-28(34)22-37-26-15-13-25(14-16-26)21-27(29(35)32-19-17-23-9-5-3-6-10-23)30(36)33-20-18-24-11-7-4-8-12-24/h3-16,21H,2,17-20,22H2,1H3,(H,31,34)(H,32,35)(H,33,36). The molecule has 0 aliphatic rings. The first kappa shape index (κ1) is 27.2. The molecule has 0 bridgehead atoms. The second-order valence-corrected chi connectivity index (χ2v) is 8.35. The number of rotatable bonds is 13. The minimum absolute atomic E-state index is 0.0251. The third-order valence-corrected chi connectivity index (χ3v) is 5.51. The molecule has 3 aromatic rings. The average molecular weight is 500 g/mol. The first-order chi connectivity index (χ1) is 18.0. The molecule has 3 aromatic carbocycles. The zero-order valence-corrected chi connectivity index (χ0v) is 21.0. The summed E-state index contributed by atoms with van der Waals surface area (Å²) in [6.07, 6.45) is 2.88. The number of hydrogen-bond acceptors (Lipinski definition) is 4. The molecule has 0 heterocycles. The van der Waals surface area contributed by atoms with Gasteiger partial charge in [0.25, 0.3) is 17.7 Å². The highest BCUT2D eigenvalue weighted by Crippen LogP contribution is 2.15. The summed E-state index contributed by atoms with van der Waals surface area (Å²) in [5.41, 5.74) is 2.89. The number of carbonyl (C=O) groups excluding carboxylic acids is 3. The predicted octanol–water partition coefficient (Wildman–Crippen LogP) is 3.30. The zero-order valence-electron chi connectivity index (χ0n) is 21.0. The van der Waals surface area contributed by atoms with Gasteiger partial charge in [-0.3, -0.25) is 14.4 Å². The van der Waals surface area contributed by atoms with Gasteiger partial charge >= 0.3 is 0 Å². The van der Waals surface area contributed by atoms with Crippen molar-refractivity contribution < 1.29 is 19.1 Å². The molecule has 0 fully saturated rings. The van der Waals surface area contributed by atoms with Crippen LogP contribution in [0.3, 0.4) is 0 Å². The Morgan fingerprint density at radius 2 is 1.22 bits per heavy atom. The van der Waals surface area contributed by atoms with Gasteiger partial charge in [0.1, 0.15) is 11.3 Å². The van der Waals surface area contributed by atoms with E-state index in [9.17, 15) is 14.4 Å². The summed E-state index contributed by atoms with van der Waals surface area (Å²) in [5, 5.41) is 8.39. The van der Waals surface area contributed by atoms with Crippen LogP contribution in [-0.2, 0) is 27.2 Å². The van der Waals surface area contributed by atoms with E-state index in [0.29, 0.717) is 43.8 Å². The van der Waals surface area contributed by atoms with Gasteiger partial charge in [-0.2, -0.15) is 0 Å². The minimum Gasteiger partial charge on any atom is -0.484 e. The van der Waals surface area contributed by atoms with Crippen molar-refractivity contribution in [2.24, 2.45) is 0 Å². The molecule has 3 rings (SSSR count). The van der Waals surface area contributed by atoms with Gasteiger partial charge < -0.3 is 20.7 Å². The highest BCUT2D eigenvalue weighted by Gasteiger charge is 2.18. The molecule has 0 radical (unpaired) electrons. The second kappa shape index (κ2) is 14.9. The van der Waals surface area contributed by atoms with Gasteiger partial charge in [-0.25, -0.2) is 0 Å². The monoisotopic (exact) mass is 499 g/mol. The zero-order chi connectivity index (χ0) is 26.3. The number of hydrogen-bond donors (Lipinski definition) is 3. The summed E-state index contributed by atoms with van der Waals surface area (Å²) in [6.45, 7) is 3.11. The molecule has 7 heteroatoms. The number of ether oxygens (including phenoxy) is 1. The first-order valence-electron chi connectivity index (χ1n) is 12.4. The van der Waals surface area contributed by atoms with Crippen molar-refractivity contribution in [3.05, 3.63) is 107 Å². The molecule has 0 unspecified atom stereocenters. The van der Waals surface area contributed by atoms with Gasteiger partial charge in [-0.05, 0) is 54.7 Å². The summed E-state index contributed by atoms with van der Waals surface area (Å²) >= 11 is 0. The van der Waals surface area contributed by atoms with Gasteiger partial charge in [-0.1, -0.05) is 72.8 Å². The summed E-state index contributed by atoms with van der Waals surface area (Å²) in [7, 11) is 0. The van der Waals surface area contributed by atoms with Crippen LogP contribution in [0.2, 0.25) is 0 Å². The van der Waals surface area contributed by atoms with E-state index >= 15 is 0 Å². The number of amides is 3. The Morgan fingerprint density at radius 3 is 1.70 bits per heavy atom. The smallest absolute Gasteiger partial charge is 0.257 e. The number of nitrogens with one attached hydrogen (secondary N) is 3. The molecular formula is C30H33N3O4. The molecule has 0 saturated carbocycles. The fourth-order valence-corrected chi connectivity index (χ4v) is 3.58. The van der Waals surface area contributed by atoms with Crippen LogP contribution in [0.15, 0.2) is 90.5 Å². The maximum atomic E-state index is 13.0. The lowest BCUT2D eigenvalue weighted by Crippen LogP contribution is -2.36. The molecule has 7 nitrogen and oxygen atoms in total. The van der Waals surface area contributed by atoms with Crippen molar-refractivity contribution in [1.29, 1.82) is 0 Å². The Balaban J connectivity index is 1.66. The van der Waals surface area contributed by atoms with Crippen LogP contribution in [0.4, 0.5) is 0 Å². The summed E-state index contributed by atoms with van der Waals surface area (Å²) in [6, 6.07) is 26.5. The van der Waals surface area contributed by atoms with E-state index in [1.807, 2.05) is 67.6 Å². The van der Waals surface area contributed by atoms with Crippen molar-refractivity contribution in [3.63, 3.8) is 0 Å². The maximum Gasteiger partial charge on any atom is 0.257 e. The van der Waals surface area contributed by atoms with Crippen molar-refractivity contribution in [2.75, 3.05) is 26.2 Å². The van der Waals surface area contributed by atoms with E-state index in [1.165, 1.54) is 0 Å². The van der Waals surface area contributed by atoms with Crippen LogP contribution in [0, 0.1) is 0 Å². The topological polar surface area (TPSA) is 96.5 Å². The van der Waals surface area contributed by atoms with E-state index < -0.39 is 11.8 Å². The van der Waals surface area contributed by atoms with Crippen molar-refractivity contribution >= 4 is 23.8 Å². The molecule has 0 spiro atoms. The Bertz CT molecular complexity index is 1120. The Morgan fingerprint density at radius 1 is 0.703 bits per heavy atom. The summed E-state index contributed by atoms with van der Waals surface area (Å²) in [5.74, 6) is -0.563. The molecular weight excluding hydrogens is 466 g/mol. The van der Waals surface area contributed by atoms with E-state index in [0.717, 1.165) is 11.1 Å². The second-order valence-electron chi connectivity index (χ2n) is 8.35. The molecule has 0 aliphatic carbocycles. The Hall–Kier alpha value is -4.39. The van der Waals surface area contributed by atoms with Crippen molar-refractivity contribution in [2.45, 2.75) is 19.8 Å². The number of benzene rings is 3. The molecule has 0 aliphatic heterocycles. The Labute approximate surface area is 217 Å². The highest BCUT2D eigenvalue weighted by atomic mass is 16.5. The third kappa shape index (κ3) is 9.64. The van der Waals surface area contributed by atoms with Crippen molar-refractivity contribution in [3.8, 4) is 5.75 Å². The number of carbonyl (C=O) groups is 3. The number of likely N-dealkylation sites (N-methyl/N-ethyl adjacent to an activating group) is 1. The predicted molar refractivity (Wildman–Crippen MR) is 145 cm³/mol. The normalized spacial score (nSPS) is 10.2. The molecule has 0 aromatic heterocycles. The third-order valence-electron chi connectivity index (χ3n) is 5.51. The van der Waals surface area contributed by atoms with Gasteiger partial charge in [0.15, 0.2) is 6.61 Å². The lowest BCUT2D eigenvalue weighted by molar-refractivity contribution is -0.124. The summed E-state index contributed by atoms with van der Waals surface area (Å²) in [4.78, 5) is 37.6. The average Bonchev–Trinajstić information content (AvgIpc) is 2.92. The SMILES string of the molecule is CCNC(=O)COc1ccc(C=C(C(=O)NCCc2ccccc2)C(=O)NCCc2ccccc2)cc1. The van der Waals surface area contributed by atoms with Crippen LogP contribution in [0.25, 0.3) is 6.08 Å². The Kier molecular flexibility index (Phi) is 10.9. The largest absolute Gasteiger partial charge is 0.484 e. The minimum atomic E-state index is -0.440. The fraction of sp³-hybridized carbons (Fsp3) is 0.233. The molecule has 0 atom stereocenters. The van der Waals surface area contributed by atoms with Gasteiger partial charge in [0.05, 0.1) is 0 Å². The molecule has 3 N–H and O–H groups in total. The van der Waals surface area contributed by atoms with Crippen LogP contribution < -0.4 is 20.7 Å². The molecule has 192 valence electrons. The van der Waals surface area contributed by atoms with Crippen LogP contribution in [-0.4, -0.2) is 44.0 Å². The quantitative estimate of drug-likeness (QED) is 0.191. The molecule has 37 heavy (non-hydrogen) atoms. The first-order valence-corrected chi connectivity index (χ1v) is 12.4. The van der Waals surface area contributed by atoms with Gasteiger partial charge in [0.2, 0.25) is 0 Å². The van der Waals surface area contributed by atoms with E-state index in [4.69, 9.17) is 4.74 Å². The van der Waals surface area contributed by atoms with Crippen molar-refractivity contribution in [1.82, 2.24) is 16.0 Å². The van der Waals surface area contributed by atoms with E-state index in [-0.39, 0.29) is 18.1 Å². The van der Waals surface area contributed by atoms with Crippen LogP contribution >= 0.6 is 0 Å². The fourth-order valence-electron chi connectivity index (χ4n) is 3.58. The van der Waals surface area contributed by atoms with Gasteiger partial charge in [-0.15, -0.1) is 0 Å². The lowest BCUT2D eigenvalue weighted by atomic mass is 10.1. The van der Waals surface area contributed by atoms with Gasteiger partial charge in [0, 0.05) is 19.6 Å². The van der Waals surface area contributed by atoms with E-state index in [1.54, 1.807) is 30.3 Å².